The third kappa shape index (κ3) is 4.20. The number of methoxy groups -OCH3 is 1. The van der Waals surface area contributed by atoms with E-state index < -0.39 is 23.4 Å². The third-order valence-corrected chi connectivity index (χ3v) is 5.11. The van der Waals surface area contributed by atoms with Gasteiger partial charge in [0, 0.05) is 30.5 Å². The highest BCUT2D eigenvalue weighted by Gasteiger charge is 2.32. The normalized spacial score (nSPS) is 12.5. The number of nitriles is 1. The third-order valence-electron chi connectivity index (χ3n) is 4.90. The van der Waals surface area contributed by atoms with E-state index in [0.29, 0.717) is 21.6 Å². The molecule has 0 radical (unpaired) electrons. The average Bonchev–Trinajstić information content (AvgIpc) is 3.10. The summed E-state index contributed by atoms with van der Waals surface area (Å²) < 4.78 is 20.1. The van der Waals surface area contributed by atoms with Crippen LogP contribution in [0.15, 0.2) is 24.5 Å². The van der Waals surface area contributed by atoms with Gasteiger partial charge in [-0.05, 0) is 26.0 Å². The number of pyridine rings is 2. The fourth-order valence-corrected chi connectivity index (χ4v) is 3.16. The molecule has 3 heterocycles. The number of H-pyrrole nitrogens is 1. The Morgan fingerprint density at radius 1 is 1.50 bits per heavy atom. The molecule has 0 saturated carbocycles. The van der Waals surface area contributed by atoms with Gasteiger partial charge < -0.3 is 20.1 Å². The zero-order valence-electron chi connectivity index (χ0n) is 16.5. The molecule has 0 aliphatic carbocycles. The number of aromatic nitrogens is 3. The molecule has 3 rings (SSSR count). The number of anilines is 1. The molecule has 30 heavy (non-hydrogen) atoms. The minimum absolute atomic E-state index is 0.0136. The number of carboxylic acid groups (broad SMARTS) is 1. The second-order valence-electron chi connectivity index (χ2n) is 7.18. The zero-order chi connectivity index (χ0) is 22.1. The molecule has 3 N–H and O–H groups in total. The van der Waals surface area contributed by atoms with Crippen molar-refractivity contribution in [3.8, 4) is 17.3 Å². The van der Waals surface area contributed by atoms with E-state index in [1.807, 2.05) is 6.07 Å². The minimum Gasteiger partial charge on any atom is -0.481 e. The van der Waals surface area contributed by atoms with Gasteiger partial charge in [0.25, 0.3) is 0 Å². The molecule has 8 nitrogen and oxygen atoms in total. The lowest BCUT2D eigenvalue weighted by Gasteiger charge is -2.33. The van der Waals surface area contributed by atoms with Crippen molar-refractivity contribution in [2.24, 2.45) is 0 Å². The van der Waals surface area contributed by atoms with Crippen molar-refractivity contribution >= 4 is 34.4 Å². The van der Waals surface area contributed by atoms with Crippen LogP contribution in [-0.4, -0.2) is 44.8 Å². The summed E-state index contributed by atoms with van der Waals surface area (Å²) in [5, 5.41) is 22.6. The van der Waals surface area contributed by atoms with Gasteiger partial charge in [0.05, 0.1) is 34.3 Å². The highest BCUT2D eigenvalue weighted by Crippen LogP contribution is 2.33. The number of nitrogens with zero attached hydrogens (tertiary/aromatic N) is 3. The van der Waals surface area contributed by atoms with Gasteiger partial charge in [-0.15, -0.1) is 0 Å². The Bertz CT molecular complexity index is 1160. The molecule has 0 bridgehead atoms. The Morgan fingerprint density at radius 2 is 2.23 bits per heavy atom. The number of hydrogen-bond donors (Lipinski definition) is 3. The first kappa shape index (κ1) is 21.5. The van der Waals surface area contributed by atoms with Gasteiger partial charge in [-0.25, -0.2) is 14.4 Å². The van der Waals surface area contributed by atoms with Gasteiger partial charge in [-0.1, -0.05) is 11.6 Å². The summed E-state index contributed by atoms with van der Waals surface area (Å²) in [6, 6.07) is 3.87. The fourth-order valence-electron chi connectivity index (χ4n) is 3.01. The van der Waals surface area contributed by atoms with E-state index in [9.17, 15) is 19.6 Å². The van der Waals surface area contributed by atoms with Crippen LogP contribution in [0.2, 0.25) is 5.02 Å². The van der Waals surface area contributed by atoms with Crippen LogP contribution >= 0.6 is 11.6 Å². The highest BCUT2D eigenvalue weighted by molar-refractivity contribution is 6.31. The largest absolute Gasteiger partial charge is 0.481 e. The van der Waals surface area contributed by atoms with Crippen LogP contribution in [0.1, 0.15) is 25.8 Å². The molecular weight excluding hydrogens is 413 g/mol. The minimum atomic E-state index is -1.08. The lowest BCUT2D eigenvalue weighted by Crippen LogP contribution is -2.45. The number of fused-ring (bicyclic) bond motifs is 1. The number of rotatable bonds is 7. The summed E-state index contributed by atoms with van der Waals surface area (Å²) in [6.45, 7) is 3.37. The fraction of sp³-hybridized carbons (Fsp3) is 0.300. The van der Waals surface area contributed by atoms with Gasteiger partial charge in [-0.2, -0.15) is 5.26 Å². The Labute approximate surface area is 176 Å². The van der Waals surface area contributed by atoms with Crippen molar-refractivity contribution in [3.63, 3.8) is 0 Å². The lowest BCUT2D eigenvalue weighted by atomic mass is 9.95. The van der Waals surface area contributed by atoms with Gasteiger partial charge in [-0.3, -0.25) is 4.79 Å². The summed E-state index contributed by atoms with van der Waals surface area (Å²) >= 11 is 6.04. The number of hydrogen-bond acceptors (Lipinski definition) is 6. The number of halogens is 2. The van der Waals surface area contributed by atoms with Crippen LogP contribution in [0.25, 0.3) is 22.3 Å². The van der Waals surface area contributed by atoms with E-state index in [4.69, 9.17) is 16.3 Å². The topological polar surface area (TPSA) is 124 Å². The van der Waals surface area contributed by atoms with Crippen molar-refractivity contribution in [2.75, 3.05) is 12.4 Å². The highest BCUT2D eigenvalue weighted by atomic mass is 35.5. The van der Waals surface area contributed by atoms with Gasteiger partial charge in [0.1, 0.15) is 11.7 Å². The van der Waals surface area contributed by atoms with E-state index >= 15 is 0 Å². The second-order valence-corrected chi connectivity index (χ2v) is 7.62. The van der Waals surface area contributed by atoms with Crippen molar-refractivity contribution < 1.29 is 19.0 Å². The Hall–Kier alpha value is -3.22. The van der Waals surface area contributed by atoms with Crippen LogP contribution in [0, 0.1) is 17.1 Å². The number of aromatic amines is 1. The van der Waals surface area contributed by atoms with Gasteiger partial charge in [0.2, 0.25) is 0 Å². The molecule has 3 aromatic rings. The predicted molar refractivity (Wildman–Crippen MR) is 110 cm³/mol. The van der Waals surface area contributed by atoms with Crippen LogP contribution in [0.4, 0.5) is 10.2 Å². The van der Waals surface area contributed by atoms with Crippen LogP contribution < -0.4 is 5.32 Å². The second kappa shape index (κ2) is 8.26. The van der Waals surface area contributed by atoms with E-state index in [-0.39, 0.29) is 23.5 Å². The van der Waals surface area contributed by atoms with Crippen molar-refractivity contribution in [2.45, 2.75) is 31.9 Å². The first-order valence-corrected chi connectivity index (χ1v) is 9.31. The maximum Gasteiger partial charge on any atom is 0.305 e. The molecule has 0 aliphatic rings. The standard InChI is InChI=1S/C20H19ClFN5O3/c1-20(2,30-3)15(6-16(28)29)26-19-14(22)4-10(7-23)17(27-19)13-9-25-18-12(13)5-11(21)8-24-18/h4-5,8-9,15H,6H2,1-3H3,(H,24,25)(H,26,27)(H,28,29). The van der Waals surface area contributed by atoms with E-state index in [2.05, 4.69) is 20.3 Å². The molecule has 0 aromatic carbocycles. The summed E-state index contributed by atoms with van der Waals surface area (Å²) in [4.78, 5) is 22.8. The monoisotopic (exact) mass is 431 g/mol. The van der Waals surface area contributed by atoms with Crippen molar-refractivity contribution in [3.05, 3.63) is 40.9 Å². The molecule has 0 amide bonds. The lowest BCUT2D eigenvalue weighted by molar-refractivity contribution is -0.138. The molecule has 0 aliphatic heterocycles. The predicted octanol–water partition coefficient (Wildman–Crippen LogP) is 3.97. The summed E-state index contributed by atoms with van der Waals surface area (Å²) in [5.74, 6) is -2.05. The molecule has 1 atom stereocenters. The van der Waals surface area contributed by atoms with Gasteiger partial charge >= 0.3 is 5.97 Å². The molecule has 0 saturated heterocycles. The van der Waals surface area contributed by atoms with Crippen molar-refractivity contribution in [1.82, 2.24) is 15.0 Å². The van der Waals surface area contributed by atoms with E-state index in [1.54, 1.807) is 26.1 Å². The Kier molecular flexibility index (Phi) is 5.92. The quantitative estimate of drug-likeness (QED) is 0.517. The van der Waals surface area contributed by atoms with Crippen LogP contribution in [0.3, 0.4) is 0 Å². The number of nitrogens with one attached hydrogen (secondary N) is 2. The molecule has 3 aromatic heterocycles. The SMILES string of the molecule is COC(C)(C)C(CC(=O)O)Nc1nc(-c2c[nH]c3ncc(Cl)cc23)c(C#N)cc1F. The molecule has 0 spiro atoms. The number of ether oxygens (including phenoxy) is 1. The maximum absolute atomic E-state index is 14.7. The van der Waals surface area contributed by atoms with Crippen LogP contribution in [0.5, 0.6) is 0 Å². The smallest absolute Gasteiger partial charge is 0.305 e. The van der Waals surface area contributed by atoms with E-state index in [0.717, 1.165) is 6.07 Å². The molecule has 156 valence electrons. The van der Waals surface area contributed by atoms with Crippen LogP contribution in [-0.2, 0) is 9.53 Å². The molecule has 1 unspecified atom stereocenters. The van der Waals surface area contributed by atoms with Gasteiger partial charge in [0.15, 0.2) is 11.6 Å². The number of carbonyl (C=O) groups is 1. The van der Waals surface area contributed by atoms with E-state index in [1.165, 1.54) is 13.3 Å². The number of aliphatic carboxylic acids is 1. The summed E-state index contributed by atoms with van der Waals surface area (Å²) in [6.07, 6.45) is 2.75. The molecule has 10 heteroatoms. The summed E-state index contributed by atoms with van der Waals surface area (Å²) in [7, 11) is 1.44. The molecular formula is C20H19ClFN5O3. The Balaban J connectivity index is 2.12. The summed E-state index contributed by atoms with van der Waals surface area (Å²) in [5.41, 5.74) is 0.336. The Morgan fingerprint density at radius 3 is 2.87 bits per heavy atom. The first-order valence-electron chi connectivity index (χ1n) is 8.93. The zero-order valence-corrected chi connectivity index (χ0v) is 17.2. The average molecular weight is 432 g/mol. The number of carboxylic acids is 1. The maximum atomic E-state index is 14.7. The molecule has 0 fully saturated rings. The van der Waals surface area contributed by atoms with Crippen molar-refractivity contribution in [1.29, 1.82) is 5.26 Å². The first-order chi connectivity index (χ1) is 14.2.